The highest BCUT2D eigenvalue weighted by atomic mass is 32.1. The fraction of sp³-hybridized carbons (Fsp3) is 0.500. The highest BCUT2D eigenvalue weighted by Crippen LogP contribution is 2.23. The van der Waals surface area contributed by atoms with Gasteiger partial charge < -0.3 is 15.3 Å². The van der Waals surface area contributed by atoms with Crippen molar-refractivity contribution in [3.63, 3.8) is 0 Å². The molecule has 1 heterocycles. The molecular weight excluding hydrogens is 292 g/mol. The Bertz CT molecular complexity index is 501. The van der Waals surface area contributed by atoms with Gasteiger partial charge in [0.1, 0.15) is 6.04 Å². The lowest BCUT2D eigenvalue weighted by Gasteiger charge is -2.26. The fourth-order valence-corrected chi connectivity index (χ4v) is 2.84. The molecule has 0 aliphatic rings. The van der Waals surface area contributed by atoms with Crippen LogP contribution in [-0.2, 0) is 14.4 Å². The van der Waals surface area contributed by atoms with E-state index in [0.717, 1.165) is 4.88 Å². The molecule has 7 heteroatoms. The molecule has 2 atom stereocenters. The van der Waals surface area contributed by atoms with Crippen LogP contribution < -0.4 is 5.32 Å². The molecule has 1 aromatic heterocycles. The zero-order chi connectivity index (χ0) is 16.0. The van der Waals surface area contributed by atoms with E-state index >= 15 is 0 Å². The zero-order valence-electron chi connectivity index (χ0n) is 12.3. The monoisotopic (exact) mass is 312 g/mol. The van der Waals surface area contributed by atoms with Gasteiger partial charge in [-0.25, -0.2) is 4.79 Å². The minimum atomic E-state index is -1.03. The van der Waals surface area contributed by atoms with E-state index in [2.05, 4.69) is 5.32 Å². The molecule has 2 amide bonds. The van der Waals surface area contributed by atoms with Crippen molar-refractivity contribution in [3.8, 4) is 0 Å². The largest absolute Gasteiger partial charge is 0.480 e. The average Bonchev–Trinajstić information content (AvgIpc) is 2.91. The highest BCUT2D eigenvalue weighted by Gasteiger charge is 2.27. The zero-order valence-corrected chi connectivity index (χ0v) is 13.1. The Morgan fingerprint density at radius 1 is 1.43 bits per heavy atom. The first-order valence-electron chi connectivity index (χ1n) is 6.65. The van der Waals surface area contributed by atoms with Gasteiger partial charge in [-0.05, 0) is 17.9 Å². The van der Waals surface area contributed by atoms with Crippen LogP contribution in [0.2, 0.25) is 0 Å². The SMILES string of the molecule is CCC(C(=O)O)N(C)C(=O)CC(NC(C)=O)c1cccs1. The maximum atomic E-state index is 12.3. The van der Waals surface area contributed by atoms with Gasteiger partial charge in [-0.1, -0.05) is 13.0 Å². The molecule has 0 saturated carbocycles. The van der Waals surface area contributed by atoms with E-state index in [9.17, 15) is 14.4 Å². The van der Waals surface area contributed by atoms with Gasteiger partial charge in [-0.2, -0.15) is 0 Å². The average molecular weight is 312 g/mol. The van der Waals surface area contributed by atoms with Crippen LogP contribution >= 0.6 is 11.3 Å². The predicted octanol–water partition coefficient (Wildman–Crippen LogP) is 1.64. The standard InChI is InChI=1S/C14H20N2O4S/c1-4-11(14(19)20)16(3)13(18)8-10(15-9(2)17)12-6-5-7-21-12/h5-7,10-11H,4,8H2,1-3H3,(H,15,17)(H,19,20). The number of nitrogens with one attached hydrogen (secondary N) is 1. The first-order chi connectivity index (χ1) is 9.86. The van der Waals surface area contributed by atoms with Crippen molar-refractivity contribution in [2.24, 2.45) is 0 Å². The van der Waals surface area contributed by atoms with Gasteiger partial charge >= 0.3 is 5.97 Å². The molecule has 0 bridgehead atoms. The number of hydrogen-bond acceptors (Lipinski definition) is 4. The number of carboxylic acid groups (broad SMARTS) is 1. The molecule has 1 rings (SSSR count). The molecule has 2 N–H and O–H groups in total. The summed E-state index contributed by atoms with van der Waals surface area (Å²) in [5.74, 6) is -1.56. The Hall–Kier alpha value is -1.89. The topological polar surface area (TPSA) is 86.7 Å². The third kappa shape index (κ3) is 4.86. The fourth-order valence-electron chi connectivity index (χ4n) is 2.06. The molecule has 0 saturated heterocycles. The van der Waals surface area contributed by atoms with E-state index in [1.807, 2.05) is 17.5 Å². The van der Waals surface area contributed by atoms with Crippen LogP contribution in [0.5, 0.6) is 0 Å². The van der Waals surface area contributed by atoms with Crippen molar-refractivity contribution in [2.75, 3.05) is 7.05 Å². The van der Waals surface area contributed by atoms with Crippen LogP contribution in [0, 0.1) is 0 Å². The molecule has 116 valence electrons. The molecule has 0 aliphatic heterocycles. The number of carboxylic acids is 1. The number of rotatable bonds is 7. The van der Waals surface area contributed by atoms with Crippen LogP contribution in [0.25, 0.3) is 0 Å². The second-order valence-corrected chi connectivity index (χ2v) is 5.72. The lowest BCUT2D eigenvalue weighted by Crippen LogP contribution is -2.43. The van der Waals surface area contributed by atoms with Crippen LogP contribution in [0.1, 0.15) is 37.6 Å². The number of likely N-dealkylation sites (N-methyl/N-ethyl adjacent to an activating group) is 1. The summed E-state index contributed by atoms with van der Waals surface area (Å²) >= 11 is 1.45. The number of carbonyl (C=O) groups excluding carboxylic acids is 2. The van der Waals surface area contributed by atoms with Gasteiger partial charge in [-0.15, -0.1) is 11.3 Å². The van der Waals surface area contributed by atoms with E-state index in [1.54, 1.807) is 6.92 Å². The Kier molecular flexibility index (Phi) is 6.36. The van der Waals surface area contributed by atoms with Gasteiger partial charge in [-0.3, -0.25) is 9.59 Å². The third-order valence-corrected chi connectivity index (χ3v) is 4.16. The number of aliphatic carboxylic acids is 1. The van der Waals surface area contributed by atoms with Crippen LogP contribution in [-0.4, -0.2) is 40.9 Å². The van der Waals surface area contributed by atoms with Gasteiger partial charge in [0.15, 0.2) is 0 Å². The van der Waals surface area contributed by atoms with Gasteiger partial charge in [0.05, 0.1) is 12.5 Å². The van der Waals surface area contributed by atoms with Gasteiger partial charge in [0.25, 0.3) is 0 Å². The van der Waals surface area contributed by atoms with E-state index in [0.29, 0.717) is 6.42 Å². The molecule has 0 aromatic carbocycles. The van der Waals surface area contributed by atoms with E-state index < -0.39 is 18.1 Å². The molecule has 1 aromatic rings. The summed E-state index contributed by atoms with van der Waals surface area (Å²) in [6.07, 6.45) is 0.377. The lowest BCUT2D eigenvalue weighted by atomic mass is 10.1. The van der Waals surface area contributed by atoms with Crippen molar-refractivity contribution >= 4 is 29.1 Å². The van der Waals surface area contributed by atoms with Crippen LogP contribution in [0.15, 0.2) is 17.5 Å². The van der Waals surface area contributed by atoms with Gasteiger partial charge in [0.2, 0.25) is 11.8 Å². The second kappa shape index (κ2) is 7.78. The first kappa shape index (κ1) is 17.2. The smallest absolute Gasteiger partial charge is 0.326 e. The van der Waals surface area contributed by atoms with Crippen molar-refractivity contribution in [1.29, 1.82) is 0 Å². The summed E-state index contributed by atoms with van der Waals surface area (Å²) < 4.78 is 0. The highest BCUT2D eigenvalue weighted by molar-refractivity contribution is 7.10. The van der Waals surface area contributed by atoms with Crippen molar-refractivity contribution in [3.05, 3.63) is 22.4 Å². The minimum absolute atomic E-state index is 0.0420. The summed E-state index contributed by atoms with van der Waals surface area (Å²) in [5, 5.41) is 13.7. The summed E-state index contributed by atoms with van der Waals surface area (Å²) in [6, 6.07) is 2.41. The number of nitrogens with zero attached hydrogens (tertiary/aromatic N) is 1. The number of carbonyl (C=O) groups is 3. The summed E-state index contributed by atoms with van der Waals surface area (Å²) in [4.78, 5) is 36.7. The molecule has 0 fully saturated rings. The maximum Gasteiger partial charge on any atom is 0.326 e. The molecule has 6 nitrogen and oxygen atoms in total. The predicted molar refractivity (Wildman–Crippen MR) is 80.0 cm³/mol. The molecule has 0 radical (unpaired) electrons. The third-order valence-electron chi connectivity index (χ3n) is 3.18. The van der Waals surface area contributed by atoms with E-state index in [1.165, 1.54) is 30.2 Å². The molecule has 0 aliphatic carbocycles. The summed E-state index contributed by atoms with van der Waals surface area (Å²) in [5.41, 5.74) is 0. The Morgan fingerprint density at radius 3 is 2.52 bits per heavy atom. The first-order valence-corrected chi connectivity index (χ1v) is 7.53. The van der Waals surface area contributed by atoms with E-state index in [-0.39, 0.29) is 18.2 Å². The van der Waals surface area contributed by atoms with Gasteiger partial charge in [0, 0.05) is 18.8 Å². The molecule has 2 unspecified atom stereocenters. The minimum Gasteiger partial charge on any atom is -0.480 e. The lowest BCUT2D eigenvalue weighted by molar-refractivity contribution is -0.149. The Balaban J connectivity index is 2.81. The number of amides is 2. The second-order valence-electron chi connectivity index (χ2n) is 4.74. The normalized spacial score (nSPS) is 13.3. The summed E-state index contributed by atoms with van der Waals surface area (Å²) in [6.45, 7) is 3.11. The quantitative estimate of drug-likeness (QED) is 0.801. The van der Waals surface area contributed by atoms with E-state index in [4.69, 9.17) is 5.11 Å². The molecular formula is C14H20N2O4S. The van der Waals surface area contributed by atoms with Crippen LogP contribution in [0.4, 0.5) is 0 Å². The van der Waals surface area contributed by atoms with Crippen LogP contribution in [0.3, 0.4) is 0 Å². The summed E-state index contributed by atoms with van der Waals surface area (Å²) in [7, 11) is 1.48. The number of thiophene rings is 1. The van der Waals surface area contributed by atoms with Crippen molar-refractivity contribution < 1.29 is 19.5 Å². The molecule has 0 spiro atoms. The Morgan fingerprint density at radius 2 is 2.10 bits per heavy atom. The number of hydrogen-bond donors (Lipinski definition) is 2. The molecule has 21 heavy (non-hydrogen) atoms. The van der Waals surface area contributed by atoms with Crippen molar-refractivity contribution in [2.45, 2.75) is 38.8 Å². The van der Waals surface area contributed by atoms with Crippen molar-refractivity contribution in [1.82, 2.24) is 10.2 Å². The maximum absolute atomic E-state index is 12.3. The Labute approximate surface area is 127 Å².